The Hall–Kier alpha value is -2.74. The molecule has 0 spiro atoms. The van der Waals surface area contributed by atoms with Crippen LogP contribution in [0.4, 0.5) is 19.1 Å². The van der Waals surface area contributed by atoms with E-state index in [1.807, 2.05) is 0 Å². The molecule has 34 heavy (non-hydrogen) atoms. The van der Waals surface area contributed by atoms with Crippen LogP contribution in [-0.2, 0) is 12.6 Å². The number of aromatic nitrogens is 3. The first-order valence-electron chi connectivity index (χ1n) is 11.2. The average molecular weight is 495 g/mol. The van der Waals surface area contributed by atoms with Crippen LogP contribution in [0.2, 0.25) is 5.02 Å². The SMILES string of the molecule is CC(C)(C)CCCCCOc1ccc(-c2c(Cl)cc(Cc3nc(N)n[nH]3)cc2C(F)(F)F)cc1. The van der Waals surface area contributed by atoms with Crippen molar-refractivity contribution in [3.63, 3.8) is 0 Å². The lowest BCUT2D eigenvalue weighted by Gasteiger charge is -2.17. The first kappa shape index (κ1) is 25.9. The monoisotopic (exact) mass is 494 g/mol. The number of rotatable bonds is 9. The van der Waals surface area contributed by atoms with E-state index in [9.17, 15) is 13.2 Å². The fourth-order valence-electron chi connectivity index (χ4n) is 3.71. The van der Waals surface area contributed by atoms with Gasteiger partial charge in [0.25, 0.3) is 0 Å². The van der Waals surface area contributed by atoms with Crippen LogP contribution in [-0.4, -0.2) is 21.8 Å². The number of aromatic amines is 1. The lowest BCUT2D eigenvalue weighted by atomic mass is 9.89. The second-order valence-electron chi connectivity index (χ2n) is 9.56. The summed E-state index contributed by atoms with van der Waals surface area (Å²) in [4.78, 5) is 3.94. The van der Waals surface area contributed by atoms with Gasteiger partial charge in [0.2, 0.25) is 5.95 Å². The smallest absolute Gasteiger partial charge is 0.417 e. The highest BCUT2D eigenvalue weighted by atomic mass is 35.5. The maximum atomic E-state index is 13.9. The highest BCUT2D eigenvalue weighted by Gasteiger charge is 2.35. The summed E-state index contributed by atoms with van der Waals surface area (Å²) >= 11 is 6.35. The van der Waals surface area contributed by atoms with E-state index in [0.29, 0.717) is 34.7 Å². The molecule has 0 amide bonds. The molecule has 2 aromatic carbocycles. The van der Waals surface area contributed by atoms with Crippen molar-refractivity contribution in [2.45, 2.75) is 59.1 Å². The van der Waals surface area contributed by atoms with Gasteiger partial charge in [-0.3, -0.25) is 5.10 Å². The van der Waals surface area contributed by atoms with Gasteiger partial charge in [-0.05, 0) is 53.6 Å². The largest absolute Gasteiger partial charge is 0.494 e. The van der Waals surface area contributed by atoms with Crippen molar-refractivity contribution in [1.29, 1.82) is 0 Å². The number of nitrogens with zero attached hydrogens (tertiary/aromatic N) is 2. The zero-order valence-electron chi connectivity index (χ0n) is 19.6. The lowest BCUT2D eigenvalue weighted by Crippen LogP contribution is -2.09. The third-order valence-electron chi connectivity index (χ3n) is 5.36. The third kappa shape index (κ3) is 7.38. The Labute approximate surface area is 202 Å². The minimum Gasteiger partial charge on any atom is -0.494 e. The summed E-state index contributed by atoms with van der Waals surface area (Å²) < 4.78 is 47.5. The van der Waals surface area contributed by atoms with Gasteiger partial charge in [0.05, 0.1) is 12.2 Å². The summed E-state index contributed by atoms with van der Waals surface area (Å²) in [7, 11) is 0. The Kier molecular flexibility index (Phi) is 8.13. The van der Waals surface area contributed by atoms with Crippen LogP contribution in [0.15, 0.2) is 36.4 Å². The molecule has 184 valence electrons. The van der Waals surface area contributed by atoms with E-state index >= 15 is 0 Å². The van der Waals surface area contributed by atoms with Crippen molar-refractivity contribution >= 4 is 17.5 Å². The zero-order chi connectivity index (χ0) is 24.9. The summed E-state index contributed by atoms with van der Waals surface area (Å²) in [6, 6.07) is 9.14. The molecule has 0 aliphatic rings. The molecule has 0 saturated carbocycles. The number of unbranched alkanes of at least 4 members (excludes halogenated alkanes) is 2. The number of halogens is 4. The minimum absolute atomic E-state index is 0.00447. The van der Waals surface area contributed by atoms with Crippen molar-refractivity contribution in [2.24, 2.45) is 5.41 Å². The predicted molar refractivity (Wildman–Crippen MR) is 129 cm³/mol. The van der Waals surface area contributed by atoms with Crippen LogP contribution in [0.3, 0.4) is 0 Å². The number of nitrogen functional groups attached to an aromatic ring is 1. The van der Waals surface area contributed by atoms with Gasteiger partial charge < -0.3 is 10.5 Å². The van der Waals surface area contributed by atoms with Gasteiger partial charge >= 0.3 is 6.18 Å². The Balaban J connectivity index is 1.71. The number of alkyl halides is 3. The molecule has 5 nitrogen and oxygen atoms in total. The van der Waals surface area contributed by atoms with Gasteiger partial charge in [-0.15, -0.1) is 5.10 Å². The number of nitrogens with one attached hydrogen (secondary N) is 1. The zero-order valence-corrected chi connectivity index (χ0v) is 20.4. The summed E-state index contributed by atoms with van der Waals surface area (Å²) in [6.07, 6.45) is -0.180. The van der Waals surface area contributed by atoms with Crippen molar-refractivity contribution in [1.82, 2.24) is 15.2 Å². The molecule has 0 bridgehead atoms. The summed E-state index contributed by atoms with van der Waals surface area (Å²) in [5.74, 6) is 0.999. The first-order chi connectivity index (χ1) is 15.9. The van der Waals surface area contributed by atoms with Crippen molar-refractivity contribution in [3.8, 4) is 16.9 Å². The Morgan fingerprint density at radius 1 is 1.03 bits per heavy atom. The maximum absolute atomic E-state index is 13.9. The van der Waals surface area contributed by atoms with Crippen LogP contribution in [0, 0.1) is 5.41 Å². The second-order valence-corrected chi connectivity index (χ2v) is 9.97. The van der Waals surface area contributed by atoms with E-state index in [1.165, 1.54) is 6.07 Å². The molecular weight excluding hydrogens is 465 g/mol. The van der Waals surface area contributed by atoms with Crippen molar-refractivity contribution in [2.75, 3.05) is 12.3 Å². The topological polar surface area (TPSA) is 76.8 Å². The molecule has 9 heteroatoms. The summed E-state index contributed by atoms with van der Waals surface area (Å²) in [5, 5.41) is 6.30. The maximum Gasteiger partial charge on any atom is 0.417 e. The molecule has 3 N–H and O–H groups in total. The summed E-state index contributed by atoms with van der Waals surface area (Å²) in [6.45, 7) is 7.24. The predicted octanol–water partition coefficient (Wildman–Crippen LogP) is 7.30. The molecule has 0 aliphatic heterocycles. The van der Waals surface area contributed by atoms with E-state index < -0.39 is 11.7 Å². The number of hydrogen-bond donors (Lipinski definition) is 2. The fraction of sp³-hybridized carbons (Fsp3) is 0.440. The highest BCUT2D eigenvalue weighted by Crippen LogP contribution is 2.42. The number of nitrogens with two attached hydrogens (primary N) is 1. The van der Waals surface area contributed by atoms with Gasteiger partial charge in [0, 0.05) is 17.0 Å². The van der Waals surface area contributed by atoms with Crippen molar-refractivity contribution < 1.29 is 17.9 Å². The Morgan fingerprint density at radius 2 is 1.74 bits per heavy atom. The molecule has 0 atom stereocenters. The number of hydrogen-bond acceptors (Lipinski definition) is 4. The van der Waals surface area contributed by atoms with Gasteiger partial charge in [-0.1, -0.05) is 57.3 Å². The summed E-state index contributed by atoms with van der Waals surface area (Å²) in [5.41, 5.74) is 5.64. The van der Waals surface area contributed by atoms with Crippen LogP contribution in [0.25, 0.3) is 11.1 Å². The fourth-order valence-corrected chi connectivity index (χ4v) is 4.06. The van der Waals surface area contributed by atoms with Gasteiger partial charge in [-0.2, -0.15) is 18.2 Å². The lowest BCUT2D eigenvalue weighted by molar-refractivity contribution is -0.137. The van der Waals surface area contributed by atoms with Gasteiger partial charge in [0.15, 0.2) is 0 Å². The number of benzene rings is 2. The Morgan fingerprint density at radius 3 is 2.32 bits per heavy atom. The van der Waals surface area contributed by atoms with E-state index in [0.717, 1.165) is 31.7 Å². The normalized spacial score (nSPS) is 12.2. The van der Waals surface area contributed by atoms with Crippen molar-refractivity contribution in [3.05, 3.63) is 58.4 Å². The molecule has 0 saturated heterocycles. The van der Waals surface area contributed by atoms with Crippen LogP contribution >= 0.6 is 11.6 Å². The standard InChI is InChI=1S/C25H30ClF3N4O/c1-24(2,3)11-5-4-6-12-34-18-9-7-17(8-10-18)22-19(25(27,28)29)13-16(14-20(22)26)15-21-31-23(30)33-32-21/h7-10,13-14H,4-6,11-12,15H2,1-3H3,(H3,30,31,32,33). The first-order valence-corrected chi connectivity index (χ1v) is 11.6. The van der Waals surface area contributed by atoms with Gasteiger partial charge in [0.1, 0.15) is 11.6 Å². The van der Waals surface area contributed by atoms with Crippen LogP contribution in [0.1, 0.15) is 63.4 Å². The third-order valence-corrected chi connectivity index (χ3v) is 5.66. The molecule has 0 fully saturated rings. The quantitative estimate of drug-likeness (QED) is 0.306. The molecular formula is C25H30ClF3N4O. The molecule has 0 radical (unpaired) electrons. The highest BCUT2D eigenvalue weighted by molar-refractivity contribution is 6.33. The van der Waals surface area contributed by atoms with E-state index in [1.54, 1.807) is 24.3 Å². The van der Waals surface area contributed by atoms with E-state index in [4.69, 9.17) is 22.1 Å². The van der Waals surface area contributed by atoms with E-state index in [2.05, 4.69) is 36.0 Å². The van der Waals surface area contributed by atoms with E-state index in [-0.39, 0.29) is 23.0 Å². The number of ether oxygens (including phenoxy) is 1. The molecule has 0 aliphatic carbocycles. The number of anilines is 1. The molecule has 1 heterocycles. The molecule has 1 aromatic heterocycles. The van der Waals surface area contributed by atoms with Crippen LogP contribution < -0.4 is 10.5 Å². The van der Waals surface area contributed by atoms with Crippen LogP contribution in [0.5, 0.6) is 5.75 Å². The Bertz CT molecular complexity index is 1090. The average Bonchev–Trinajstić information content (AvgIpc) is 3.14. The number of H-pyrrole nitrogens is 1. The molecule has 3 aromatic rings. The second kappa shape index (κ2) is 10.7. The molecule has 0 unspecified atom stereocenters. The molecule has 3 rings (SSSR count). The minimum atomic E-state index is -4.59. The van der Waals surface area contributed by atoms with Gasteiger partial charge in [-0.25, -0.2) is 0 Å².